The van der Waals surface area contributed by atoms with Crippen molar-refractivity contribution in [3.05, 3.63) is 76.1 Å². The molecule has 0 N–H and O–H groups in total. The van der Waals surface area contributed by atoms with Crippen molar-refractivity contribution in [3.8, 4) is 39.9 Å². The van der Waals surface area contributed by atoms with E-state index in [4.69, 9.17) is 32.8 Å². The maximum absolute atomic E-state index is 13.6. The summed E-state index contributed by atoms with van der Waals surface area (Å²) in [7, 11) is 5.94. The molecule has 1 aromatic heterocycles. The zero-order valence-corrected chi connectivity index (χ0v) is 21.4. The molecule has 1 aliphatic heterocycles. The molecule has 1 aliphatic rings. The molecule has 5 rings (SSSR count). The van der Waals surface area contributed by atoms with Crippen LogP contribution in [0.4, 0.5) is 0 Å². The monoisotopic (exact) mass is 518 g/mol. The summed E-state index contributed by atoms with van der Waals surface area (Å²) in [5, 5.41) is 0.344. The van der Waals surface area contributed by atoms with E-state index in [-0.39, 0.29) is 18.6 Å². The highest BCUT2D eigenvalue weighted by Gasteiger charge is 2.30. The second kappa shape index (κ2) is 10.4. The van der Waals surface area contributed by atoms with Gasteiger partial charge in [0.2, 0.25) is 18.0 Å². The van der Waals surface area contributed by atoms with Crippen LogP contribution in [-0.4, -0.2) is 41.2 Å². The Bertz CT molecular complexity index is 1550. The molecular weight excluding hydrogens is 492 g/mol. The lowest BCUT2D eigenvalue weighted by Crippen LogP contribution is -2.14. The minimum atomic E-state index is -0.625. The van der Waals surface area contributed by atoms with Crippen LogP contribution in [0.5, 0.6) is 28.7 Å². The van der Waals surface area contributed by atoms with Crippen molar-refractivity contribution < 1.29 is 37.6 Å². The van der Waals surface area contributed by atoms with Crippen molar-refractivity contribution in [3.63, 3.8) is 0 Å². The number of ether oxygens (including phenoxy) is 6. The normalized spacial score (nSPS) is 12.7. The molecule has 0 bridgehead atoms. The van der Waals surface area contributed by atoms with E-state index in [0.717, 1.165) is 0 Å². The summed E-state index contributed by atoms with van der Waals surface area (Å²) in [6.07, 6.45) is 1.36. The van der Waals surface area contributed by atoms with Gasteiger partial charge in [0.25, 0.3) is 0 Å². The molecule has 38 heavy (non-hydrogen) atoms. The molecule has 0 radical (unpaired) electrons. The maximum Gasteiger partial charge on any atom is 0.306 e. The lowest BCUT2D eigenvalue weighted by Gasteiger charge is -2.22. The summed E-state index contributed by atoms with van der Waals surface area (Å²) in [5.41, 5.74) is 2.35. The first-order valence-electron chi connectivity index (χ1n) is 11.8. The van der Waals surface area contributed by atoms with Gasteiger partial charge in [0.1, 0.15) is 23.3 Å². The third-order valence-electron chi connectivity index (χ3n) is 6.59. The number of rotatable bonds is 8. The first-order chi connectivity index (χ1) is 18.5. The first-order valence-corrected chi connectivity index (χ1v) is 11.8. The van der Waals surface area contributed by atoms with E-state index in [2.05, 4.69) is 0 Å². The third-order valence-corrected chi connectivity index (χ3v) is 6.59. The molecule has 0 amide bonds. The molecule has 0 aliphatic carbocycles. The van der Waals surface area contributed by atoms with Gasteiger partial charge >= 0.3 is 5.97 Å². The van der Waals surface area contributed by atoms with E-state index >= 15 is 0 Å². The Morgan fingerprint density at radius 3 is 2.37 bits per heavy atom. The molecule has 0 spiro atoms. The van der Waals surface area contributed by atoms with Crippen LogP contribution in [0, 0.1) is 0 Å². The van der Waals surface area contributed by atoms with Crippen molar-refractivity contribution in [1.29, 1.82) is 0 Å². The zero-order chi connectivity index (χ0) is 26.8. The molecule has 0 saturated heterocycles. The predicted octanol–water partition coefficient (Wildman–Crippen LogP) is 4.91. The minimum Gasteiger partial charge on any atom is -0.497 e. The topological polar surface area (TPSA) is 103 Å². The Hall–Kier alpha value is -4.66. The van der Waals surface area contributed by atoms with E-state index in [9.17, 15) is 9.59 Å². The van der Waals surface area contributed by atoms with Crippen molar-refractivity contribution in [2.75, 3.05) is 35.2 Å². The molecule has 4 aromatic rings. The highest BCUT2D eigenvalue weighted by atomic mass is 16.7. The van der Waals surface area contributed by atoms with Gasteiger partial charge in [-0.3, -0.25) is 9.59 Å². The van der Waals surface area contributed by atoms with Gasteiger partial charge in [-0.15, -0.1) is 0 Å². The molecule has 3 aromatic carbocycles. The van der Waals surface area contributed by atoms with E-state index in [1.807, 2.05) is 0 Å². The van der Waals surface area contributed by atoms with E-state index in [1.54, 1.807) is 55.6 Å². The summed E-state index contributed by atoms with van der Waals surface area (Å²) in [6.45, 7) is 0.0530. The molecule has 0 fully saturated rings. The highest BCUT2D eigenvalue weighted by molar-refractivity contribution is 5.87. The number of esters is 1. The van der Waals surface area contributed by atoms with Crippen molar-refractivity contribution in [1.82, 2.24) is 0 Å². The number of methoxy groups -OCH3 is 4. The number of carbonyl (C=O) groups excluding carboxylic acids is 1. The Morgan fingerprint density at radius 1 is 0.921 bits per heavy atom. The van der Waals surface area contributed by atoms with Gasteiger partial charge in [-0.2, -0.15) is 0 Å². The minimum absolute atomic E-state index is 0.0530. The molecular formula is C29H26O9. The number of hydrogen-bond acceptors (Lipinski definition) is 9. The van der Waals surface area contributed by atoms with E-state index in [1.165, 1.54) is 27.6 Å². The molecule has 196 valence electrons. The average molecular weight is 519 g/mol. The number of fused-ring (bicyclic) bond motifs is 2. The smallest absolute Gasteiger partial charge is 0.306 e. The Kier molecular flexibility index (Phi) is 6.83. The van der Waals surface area contributed by atoms with Crippen LogP contribution in [0.25, 0.3) is 22.1 Å². The zero-order valence-electron chi connectivity index (χ0n) is 21.4. The van der Waals surface area contributed by atoms with Gasteiger partial charge in [-0.25, -0.2) is 0 Å². The van der Waals surface area contributed by atoms with Crippen molar-refractivity contribution in [2.45, 2.75) is 12.3 Å². The lowest BCUT2D eigenvalue weighted by atomic mass is 9.86. The second-order valence-corrected chi connectivity index (χ2v) is 8.55. The van der Waals surface area contributed by atoms with Crippen LogP contribution in [0.3, 0.4) is 0 Å². The Balaban J connectivity index is 1.72. The van der Waals surface area contributed by atoms with E-state index < -0.39 is 11.9 Å². The molecule has 2 heterocycles. The predicted molar refractivity (Wildman–Crippen MR) is 139 cm³/mol. The summed E-state index contributed by atoms with van der Waals surface area (Å²) in [6, 6.07) is 14.0. The fourth-order valence-corrected chi connectivity index (χ4v) is 4.67. The largest absolute Gasteiger partial charge is 0.497 e. The molecule has 9 nitrogen and oxygen atoms in total. The molecule has 9 heteroatoms. The van der Waals surface area contributed by atoms with Gasteiger partial charge in [-0.05, 0) is 47.5 Å². The summed E-state index contributed by atoms with van der Waals surface area (Å²) >= 11 is 0. The number of hydrogen-bond donors (Lipinski definition) is 0. The van der Waals surface area contributed by atoms with E-state index in [0.29, 0.717) is 62.0 Å². The molecule has 0 unspecified atom stereocenters. The average Bonchev–Trinajstić information content (AvgIpc) is 3.44. The fourth-order valence-electron chi connectivity index (χ4n) is 4.67. The third kappa shape index (κ3) is 4.36. The van der Waals surface area contributed by atoms with Crippen molar-refractivity contribution >= 4 is 16.9 Å². The van der Waals surface area contributed by atoms with Gasteiger partial charge < -0.3 is 32.8 Å². The quantitative estimate of drug-likeness (QED) is 0.301. The SMILES string of the molecule is COC(=O)C[C@@H](c1cc(OC)c2c(c1)OCO2)c1c(OC)ccc2c(=O)c(-c3ccc(OC)cc3)coc12. The maximum atomic E-state index is 13.6. The van der Waals surface area contributed by atoms with Crippen LogP contribution >= 0.6 is 0 Å². The van der Waals surface area contributed by atoms with Gasteiger partial charge in [0, 0.05) is 11.5 Å². The second-order valence-electron chi connectivity index (χ2n) is 8.55. The Morgan fingerprint density at radius 2 is 1.68 bits per heavy atom. The molecule has 0 saturated carbocycles. The van der Waals surface area contributed by atoms with Crippen LogP contribution < -0.4 is 29.1 Å². The summed E-state index contributed by atoms with van der Waals surface area (Å²) in [4.78, 5) is 26.2. The van der Waals surface area contributed by atoms with Crippen LogP contribution in [-0.2, 0) is 9.53 Å². The fraction of sp³-hybridized carbons (Fsp3) is 0.241. The van der Waals surface area contributed by atoms with Gasteiger partial charge in [-0.1, -0.05) is 12.1 Å². The molecule has 1 atom stereocenters. The van der Waals surface area contributed by atoms with Crippen molar-refractivity contribution in [2.24, 2.45) is 0 Å². The highest BCUT2D eigenvalue weighted by Crippen LogP contribution is 2.47. The first kappa shape index (κ1) is 25.0. The summed E-state index contributed by atoms with van der Waals surface area (Å²) in [5.74, 6) is 1.46. The lowest BCUT2D eigenvalue weighted by molar-refractivity contribution is -0.140. The summed E-state index contributed by atoms with van der Waals surface area (Å²) < 4.78 is 38.7. The van der Waals surface area contributed by atoms with Crippen LogP contribution in [0.15, 0.2) is 64.0 Å². The van der Waals surface area contributed by atoms with Crippen LogP contribution in [0.1, 0.15) is 23.5 Å². The standard InChI is InChI=1S/C29H26O9/c1-32-18-7-5-16(6-8-18)21-14-36-28-19(27(21)31)9-10-22(33-2)26(28)20(13-25(30)35-4)17-11-23(34-3)29-24(12-17)37-15-38-29/h5-12,14,20H,13,15H2,1-4H3/t20-/m0/s1. The number of benzene rings is 3. The number of carbonyl (C=O) groups is 1. The van der Waals surface area contributed by atoms with Gasteiger partial charge in [0.05, 0.1) is 45.8 Å². The Labute approximate surface area is 218 Å². The van der Waals surface area contributed by atoms with Crippen LogP contribution in [0.2, 0.25) is 0 Å². The van der Waals surface area contributed by atoms with Gasteiger partial charge in [0.15, 0.2) is 11.5 Å².